The number of halogens is 11. The number of benzene rings is 3. The van der Waals surface area contributed by atoms with Gasteiger partial charge in [0.15, 0.2) is 0 Å². The molecule has 3 saturated heterocycles. The van der Waals surface area contributed by atoms with Crippen molar-refractivity contribution in [1.29, 1.82) is 0 Å². The van der Waals surface area contributed by atoms with E-state index in [4.69, 9.17) is 0 Å². The molecule has 0 radical (unpaired) electrons. The van der Waals surface area contributed by atoms with Gasteiger partial charge in [-0.05, 0) is 179 Å². The van der Waals surface area contributed by atoms with Gasteiger partial charge in [-0.1, -0.05) is 20.8 Å². The summed E-state index contributed by atoms with van der Waals surface area (Å²) in [5.41, 5.74) is 2.86. The number of nitrogens with zero attached hydrogens (tertiary/aromatic N) is 19. The fourth-order valence-electron chi connectivity index (χ4n) is 12.4. The lowest BCUT2D eigenvalue weighted by Gasteiger charge is -2.38. The van der Waals surface area contributed by atoms with E-state index in [-0.39, 0.29) is 45.2 Å². The summed E-state index contributed by atoms with van der Waals surface area (Å²) >= 11 is 6.43. The molecule has 0 bridgehead atoms. The number of H-pyrrole nitrogens is 1. The number of aryl methyl sites for hydroxylation is 2. The van der Waals surface area contributed by atoms with Crippen LogP contribution in [0.2, 0.25) is 0 Å². The van der Waals surface area contributed by atoms with Gasteiger partial charge < -0.3 is 15.1 Å². The van der Waals surface area contributed by atoms with Gasteiger partial charge in [0.25, 0.3) is 0 Å². The Bertz CT molecular complexity index is 4550. The molecule has 0 spiro atoms. The lowest BCUT2D eigenvalue weighted by atomic mass is 9.95. The molecule has 2 N–H and O–H groups in total. The number of rotatable bonds is 6. The summed E-state index contributed by atoms with van der Waals surface area (Å²) in [6.45, 7) is 15.7. The smallest absolute Gasteiger partial charge is 0.367 e. The van der Waals surface area contributed by atoms with Gasteiger partial charge in [-0.2, -0.15) is 65.0 Å². The molecule has 13 aromatic rings. The number of nitrogens with one attached hydrogen (secondary N) is 2. The summed E-state index contributed by atoms with van der Waals surface area (Å²) in [4.78, 5) is 36.1. The van der Waals surface area contributed by atoms with Crippen LogP contribution in [-0.2, 0) is 18.5 Å². The highest BCUT2D eigenvalue weighted by Crippen LogP contribution is 2.41. The third-order valence-corrected chi connectivity index (χ3v) is 17.9. The second-order valence-electron chi connectivity index (χ2n) is 25.1. The molecule has 0 unspecified atom stereocenters. The molecule has 0 saturated carbocycles. The molecule has 13 heterocycles. The number of piperidine rings is 3. The minimum Gasteiger partial charge on any atom is -0.367 e. The van der Waals surface area contributed by atoms with Gasteiger partial charge in [0.05, 0.1) is 58.1 Å². The Morgan fingerprint density at radius 3 is 1.25 bits per heavy atom. The van der Waals surface area contributed by atoms with Gasteiger partial charge in [-0.15, -0.1) is 0 Å². The molecule has 104 heavy (non-hydrogen) atoms. The van der Waals surface area contributed by atoms with Gasteiger partial charge in [0.2, 0.25) is 0 Å². The summed E-state index contributed by atoms with van der Waals surface area (Å²) < 4.78 is 127. The van der Waals surface area contributed by atoms with E-state index in [0.29, 0.717) is 46.8 Å². The quantitative estimate of drug-likeness (QED) is 0.148. The number of hydrogen-bond donors (Lipinski definition) is 2. The number of alkyl halides is 9. The van der Waals surface area contributed by atoms with Crippen molar-refractivity contribution in [3.8, 4) is 5.69 Å². The summed E-state index contributed by atoms with van der Waals surface area (Å²) in [6.07, 6.45) is 23.5. The van der Waals surface area contributed by atoms with Crippen LogP contribution in [0.15, 0.2) is 212 Å². The van der Waals surface area contributed by atoms with E-state index in [9.17, 15) is 39.5 Å². The highest BCUT2D eigenvalue weighted by Gasteiger charge is 2.38. The first-order valence-electron chi connectivity index (χ1n) is 33.1. The van der Waals surface area contributed by atoms with Crippen molar-refractivity contribution in [2.24, 2.45) is 17.8 Å². The van der Waals surface area contributed by atoms with Crippen molar-refractivity contribution < 1.29 is 39.5 Å². The number of aromatic amines is 1. The third-order valence-electron chi connectivity index (χ3n) is 16.8. The van der Waals surface area contributed by atoms with Gasteiger partial charge in [-0.3, -0.25) is 59.0 Å². The lowest BCUT2D eigenvalue weighted by Crippen LogP contribution is -2.41. The van der Waals surface area contributed by atoms with Crippen molar-refractivity contribution >= 4 is 76.3 Å². The Morgan fingerprint density at radius 2 is 0.856 bits per heavy atom. The van der Waals surface area contributed by atoms with Crippen LogP contribution in [0.4, 0.5) is 50.9 Å². The van der Waals surface area contributed by atoms with Crippen molar-refractivity contribution in [1.82, 2.24) is 94.5 Å². The zero-order chi connectivity index (χ0) is 74.0. The van der Waals surface area contributed by atoms with E-state index in [1.165, 1.54) is 67.4 Å². The molecule has 544 valence electrons. The first-order chi connectivity index (χ1) is 49.9. The molecule has 3 aliphatic rings. The van der Waals surface area contributed by atoms with Crippen LogP contribution in [0.1, 0.15) is 86.0 Å². The van der Waals surface area contributed by atoms with Gasteiger partial charge in [0, 0.05) is 159 Å². The van der Waals surface area contributed by atoms with Crippen LogP contribution in [-0.4, -0.2) is 128 Å². The van der Waals surface area contributed by atoms with Crippen LogP contribution in [0.3, 0.4) is 0 Å². The summed E-state index contributed by atoms with van der Waals surface area (Å²) in [7, 11) is 0. The van der Waals surface area contributed by atoms with Crippen molar-refractivity contribution in [2.75, 3.05) is 49.1 Å². The zero-order valence-corrected chi connectivity index (χ0v) is 60.2. The molecular formula is C72H74Br2F9N21. The van der Waals surface area contributed by atoms with Crippen molar-refractivity contribution in [3.63, 3.8) is 0 Å². The largest absolute Gasteiger partial charge is 0.418 e. The monoisotopic (exact) mass is 1560 g/mol. The van der Waals surface area contributed by atoms with E-state index in [2.05, 4.69) is 143 Å². The summed E-state index contributed by atoms with van der Waals surface area (Å²) in [5, 5.41) is 26.6. The lowest BCUT2D eigenvalue weighted by molar-refractivity contribution is -0.137. The number of hydrogen-bond acceptors (Lipinski definition) is 16. The number of fused-ring (bicyclic) bond motifs is 3. The van der Waals surface area contributed by atoms with Crippen molar-refractivity contribution in [3.05, 3.63) is 240 Å². The van der Waals surface area contributed by atoms with Crippen LogP contribution < -0.4 is 15.1 Å². The molecule has 16 rings (SSSR count). The molecule has 21 nitrogen and oxygen atoms in total. The molecule has 0 aliphatic carbocycles. The fraction of sp³-hybridized carbons (Fsp3) is 0.319. The summed E-state index contributed by atoms with van der Waals surface area (Å²) in [5.74, 6) is 1.53. The van der Waals surface area contributed by atoms with E-state index in [0.717, 1.165) is 78.9 Å². The number of aromatic nitrogens is 18. The maximum atomic E-state index is 13.3. The minimum absolute atomic E-state index is 0.105. The Hall–Kier alpha value is -10.1. The van der Waals surface area contributed by atoms with E-state index >= 15 is 0 Å². The average molecular weight is 1560 g/mol. The third kappa shape index (κ3) is 20.8. The van der Waals surface area contributed by atoms with E-state index in [1.54, 1.807) is 48.1 Å². The molecule has 3 aromatic carbocycles. The first kappa shape index (κ1) is 76.6. The molecule has 3 fully saturated rings. The standard InChI is InChI=1S/2C18H18F3N5.C9H4BrF3N2.C9H15N3.C9H9N3.C6H6BrN.C3H4N2/c2*1-12-9-13(26-8-2-5-24-26)11-25(10-12)15-4-3-14(18(19,20)21)16-17(15)23-7-6-22-16;10-6-2-1-5(9(11,12)13)7-8(6)15-4-3-14-7;2*1-8-5-9(7-10-6-8)12-4-2-3-11-12;1-5-2-6(7)4-8-3-5;1-2-4-5-3-1/h2*2-8,12-13H,9-11H2,1H3;1-4H;2-4,8-10H,5-7H2,1H3;2-7H,1H3;2-4H,1H3;1-3H,(H,4,5)/t2*12-,13+;;8-,9+;;;/m00.0.../s1. The van der Waals surface area contributed by atoms with Gasteiger partial charge >= 0.3 is 18.5 Å². The Balaban J connectivity index is 0.000000138. The normalized spacial score (nSPS) is 18.2. The maximum absolute atomic E-state index is 13.3. The van der Waals surface area contributed by atoms with Crippen LogP contribution in [0.25, 0.3) is 38.8 Å². The van der Waals surface area contributed by atoms with Gasteiger partial charge in [0.1, 0.15) is 33.1 Å². The fourth-order valence-corrected chi connectivity index (χ4v) is 13.3. The summed E-state index contributed by atoms with van der Waals surface area (Å²) in [6, 6.07) is 22.0. The van der Waals surface area contributed by atoms with E-state index in [1.807, 2.05) is 109 Å². The SMILES string of the molecule is C[C@@H]1CNC[C@H](n2cccn2)C1.C[C@H]1C[C@@H](n2cccn2)CN(c2ccc(C(F)(F)F)c3nccnc23)C1.C[C@H]1C[C@@H](n2cccn2)CN(c2ccc(C(F)(F)F)c3nccnc23)C1.Cc1cncc(-n2cccn2)c1.Cc1cncc(Br)c1.FC(F)(F)c1ccc(Br)c2nccnc12.c1cn[nH]c1. The van der Waals surface area contributed by atoms with Crippen LogP contribution in [0.5, 0.6) is 0 Å². The van der Waals surface area contributed by atoms with Crippen LogP contribution >= 0.6 is 31.9 Å². The first-order valence-corrected chi connectivity index (χ1v) is 34.6. The predicted octanol–water partition coefficient (Wildman–Crippen LogP) is 16.5. The molecule has 32 heteroatoms. The highest BCUT2D eigenvalue weighted by molar-refractivity contribution is 9.11. The molecule has 3 aliphatic heterocycles. The number of anilines is 2. The second kappa shape index (κ2) is 35.4. The number of pyridine rings is 2. The van der Waals surface area contributed by atoms with Gasteiger partial charge in [-0.25, -0.2) is 4.68 Å². The maximum Gasteiger partial charge on any atom is 0.418 e. The van der Waals surface area contributed by atoms with E-state index < -0.39 is 35.2 Å². The topological polar surface area (TPSA) is 222 Å². The Morgan fingerprint density at radius 1 is 0.423 bits per heavy atom. The molecule has 10 aromatic heterocycles. The zero-order valence-electron chi connectivity index (χ0n) is 57.0. The predicted molar refractivity (Wildman–Crippen MR) is 385 cm³/mol. The van der Waals surface area contributed by atoms with Crippen LogP contribution in [0, 0.1) is 31.6 Å². The highest BCUT2D eigenvalue weighted by atomic mass is 79.9. The average Bonchev–Trinajstić information content (AvgIpc) is 1.07. The Kier molecular flexibility index (Phi) is 26.1. The molecular weight excluding hydrogens is 1490 g/mol. The molecule has 6 atom stereocenters. The minimum atomic E-state index is -4.46. The van der Waals surface area contributed by atoms with Crippen molar-refractivity contribution in [2.45, 2.75) is 90.5 Å². The Labute approximate surface area is 609 Å². The molecule has 0 amide bonds. The second-order valence-corrected chi connectivity index (χ2v) is 26.9.